The third kappa shape index (κ3) is 4.07. The first kappa shape index (κ1) is 12.9. The van der Waals surface area contributed by atoms with E-state index in [2.05, 4.69) is 19.3 Å². The van der Waals surface area contributed by atoms with Gasteiger partial charge in [0, 0.05) is 25.7 Å². The van der Waals surface area contributed by atoms with Crippen molar-refractivity contribution in [1.29, 1.82) is 0 Å². The highest BCUT2D eigenvalue weighted by atomic mass is 16.5. The highest BCUT2D eigenvalue weighted by Gasteiger charge is 2.27. The smallest absolute Gasteiger partial charge is 0.0623 e. The van der Waals surface area contributed by atoms with E-state index in [1.54, 1.807) is 7.11 Å². The Kier molecular flexibility index (Phi) is 4.99. The quantitative estimate of drug-likeness (QED) is 0.515. The van der Waals surface area contributed by atoms with Crippen LogP contribution in [0.15, 0.2) is 0 Å². The molecule has 1 saturated heterocycles. The highest BCUT2D eigenvalue weighted by Crippen LogP contribution is 2.23. The van der Waals surface area contributed by atoms with Crippen LogP contribution in [0, 0.1) is 5.92 Å². The Morgan fingerprint density at radius 1 is 1.60 bits per heavy atom. The van der Waals surface area contributed by atoms with Gasteiger partial charge in [-0.3, -0.25) is 11.3 Å². The second kappa shape index (κ2) is 5.80. The van der Waals surface area contributed by atoms with Crippen LogP contribution in [0.3, 0.4) is 0 Å². The molecule has 0 radical (unpaired) electrons. The van der Waals surface area contributed by atoms with Gasteiger partial charge in [0.1, 0.15) is 0 Å². The Morgan fingerprint density at radius 3 is 2.80 bits per heavy atom. The van der Waals surface area contributed by atoms with E-state index in [1.165, 1.54) is 0 Å². The van der Waals surface area contributed by atoms with Crippen LogP contribution in [0.2, 0.25) is 0 Å². The summed E-state index contributed by atoms with van der Waals surface area (Å²) in [4.78, 5) is 0. The summed E-state index contributed by atoms with van der Waals surface area (Å²) in [7, 11) is 1.75. The zero-order valence-electron chi connectivity index (χ0n) is 10.1. The third-order valence-electron chi connectivity index (χ3n) is 3.36. The molecule has 90 valence electrons. The van der Waals surface area contributed by atoms with Crippen LogP contribution in [-0.2, 0) is 9.47 Å². The zero-order valence-corrected chi connectivity index (χ0v) is 10.1. The Morgan fingerprint density at radius 2 is 2.33 bits per heavy atom. The Balaban J connectivity index is 2.33. The molecule has 0 spiro atoms. The van der Waals surface area contributed by atoms with Crippen molar-refractivity contribution in [1.82, 2.24) is 5.43 Å². The van der Waals surface area contributed by atoms with Gasteiger partial charge in [0.25, 0.3) is 0 Å². The maximum Gasteiger partial charge on any atom is 0.0623 e. The molecule has 0 aliphatic carbocycles. The molecule has 1 fully saturated rings. The molecule has 0 amide bonds. The van der Waals surface area contributed by atoms with Crippen LogP contribution >= 0.6 is 0 Å². The third-order valence-corrected chi connectivity index (χ3v) is 3.36. The lowest BCUT2D eigenvalue weighted by Gasteiger charge is -2.27. The van der Waals surface area contributed by atoms with Gasteiger partial charge < -0.3 is 9.47 Å². The van der Waals surface area contributed by atoms with Gasteiger partial charge in [-0.05, 0) is 33.1 Å². The van der Waals surface area contributed by atoms with Crippen molar-refractivity contribution in [2.24, 2.45) is 11.8 Å². The van der Waals surface area contributed by atoms with Gasteiger partial charge >= 0.3 is 0 Å². The zero-order chi connectivity index (χ0) is 11.3. The molecule has 4 nitrogen and oxygen atoms in total. The maximum absolute atomic E-state index is 5.58. The Hall–Kier alpha value is -0.160. The van der Waals surface area contributed by atoms with Crippen LogP contribution in [0.25, 0.3) is 0 Å². The average Bonchev–Trinajstić information content (AvgIpc) is 2.72. The minimum atomic E-state index is -0.0610. The number of hydrogen-bond donors (Lipinski definition) is 2. The predicted molar refractivity (Wildman–Crippen MR) is 60.4 cm³/mol. The monoisotopic (exact) mass is 216 g/mol. The first-order valence-corrected chi connectivity index (χ1v) is 5.68. The number of rotatable bonds is 6. The fourth-order valence-corrected chi connectivity index (χ4v) is 1.93. The molecule has 1 aliphatic heterocycles. The topological polar surface area (TPSA) is 56.5 Å². The summed E-state index contributed by atoms with van der Waals surface area (Å²) in [6.07, 6.45) is 3.16. The summed E-state index contributed by atoms with van der Waals surface area (Å²) in [5.41, 5.74) is 2.84. The van der Waals surface area contributed by atoms with E-state index >= 15 is 0 Å². The predicted octanol–water partition coefficient (Wildman–Crippen LogP) is 1.06. The lowest BCUT2D eigenvalue weighted by atomic mass is 9.91. The molecule has 0 bridgehead atoms. The first-order chi connectivity index (χ1) is 7.09. The van der Waals surface area contributed by atoms with Gasteiger partial charge in [0.05, 0.1) is 12.2 Å². The summed E-state index contributed by atoms with van der Waals surface area (Å²) < 4.78 is 10.8. The molecule has 0 aromatic carbocycles. The standard InChI is InChI=1S/C11H24N2O2/c1-11(2,14-3)6-4-10(13-12)9-5-7-15-8-9/h9-10,13H,4-8,12H2,1-3H3. The van der Waals surface area contributed by atoms with E-state index in [4.69, 9.17) is 15.3 Å². The Bertz CT molecular complexity index is 179. The van der Waals surface area contributed by atoms with E-state index in [0.717, 1.165) is 32.5 Å². The van der Waals surface area contributed by atoms with E-state index < -0.39 is 0 Å². The highest BCUT2D eigenvalue weighted by molar-refractivity contribution is 4.80. The fraction of sp³-hybridized carbons (Fsp3) is 1.00. The fourth-order valence-electron chi connectivity index (χ4n) is 1.93. The molecule has 2 atom stereocenters. The average molecular weight is 216 g/mol. The molecule has 1 rings (SSSR count). The van der Waals surface area contributed by atoms with Gasteiger partial charge in [0.15, 0.2) is 0 Å². The SMILES string of the molecule is COC(C)(C)CCC(NN)C1CCOC1. The van der Waals surface area contributed by atoms with Crippen molar-refractivity contribution in [3.8, 4) is 0 Å². The largest absolute Gasteiger partial charge is 0.381 e. The van der Waals surface area contributed by atoms with Crippen molar-refractivity contribution in [2.75, 3.05) is 20.3 Å². The van der Waals surface area contributed by atoms with Crippen LogP contribution in [-0.4, -0.2) is 32.0 Å². The van der Waals surface area contributed by atoms with Crippen LogP contribution in [0.4, 0.5) is 0 Å². The first-order valence-electron chi connectivity index (χ1n) is 5.68. The minimum Gasteiger partial charge on any atom is -0.381 e. The van der Waals surface area contributed by atoms with Crippen molar-refractivity contribution >= 4 is 0 Å². The number of methoxy groups -OCH3 is 1. The molecule has 15 heavy (non-hydrogen) atoms. The molecule has 1 heterocycles. The van der Waals surface area contributed by atoms with E-state index in [1.807, 2.05) is 0 Å². The van der Waals surface area contributed by atoms with Gasteiger partial charge in [-0.1, -0.05) is 0 Å². The van der Waals surface area contributed by atoms with Crippen molar-refractivity contribution in [3.05, 3.63) is 0 Å². The second-order valence-electron chi connectivity index (χ2n) is 4.90. The number of ether oxygens (including phenoxy) is 2. The molecular weight excluding hydrogens is 192 g/mol. The summed E-state index contributed by atoms with van der Waals surface area (Å²) in [5.74, 6) is 6.14. The van der Waals surface area contributed by atoms with Crippen molar-refractivity contribution < 1.29 is 9.47 Å². The van der Waals surface area contributed by atoms with Crippen molar-refractivity contribution in [2.45, 2.75) is 44.8 Å². The maximum atomic E-state index is 5.58. The molecule has 0 aromatic heterocycles. The Labute approximate surface area is 92.5 Å². The number of nitrogens with one attached hydrogen (secondary N) is 1. The molecule has 1 aliphatic rings. The number of nitrogens with two attached hydrogens (primary N) is 1. The summed E-state index contributed by atoms with van der Waals surface area (Å²) in [6, 6.07) is 0.349. The molecule has 2 unspecified atom stereocenters. The summed E-state index contributed by atoms with van der Waals surface area (Å²) >= 11 is 0. The lowest BCUT2D eigenvalue weighted by Crippen LogP contribution is -2.42. The molecule has 0 saturated carbocycles. The van der Waals surface area contributed by atoms with Gasteiger partial charge in [-0.25, -0.2) is 0 Å². The number of hydrogen-bond acceptors (Lipinski definition) is 4. The minimum absolute atomic E-state index is 0.0610. The number of hydrazine groups is 1. The van der Waals surface area contributed by atoms with E-state index in [0.29, 0.717) is 12.0 Å². The van der Waals surface area contributed by atoms with Gasteiger partial charge in [0.2, 0.25) is 0 Å². The van der Waals surface area contributed by atoms with Crippen LogP contribution < -0.4 is 11.3 Å². The lowest BCUT2D eigenvalue weighted by molar-refractivity contribution is 0.00995. The molecule has 0 aromatic rings. The summed E-state index contributed by atoms with van der Waals surface area (Å²) in [6.45, 7) is 5.91. The van der Waals surface area contributed by atoms with Crippen LogP contribution in [0.1, 0.15) is 33.1 Å². The van der Waals surface area contributed by atoms with E-state index in [9.17, 15) is 0 Å². The van der Waals surface area contributed by atoms with E-state index in [-0.39, 0.29) is 5.60 Å². The van der Waals surface area contributed by atoms with Crippen molar-refractivity contribution in [3.63, 3.8) is 0 Å². The van der Waals surface area contributed by atoms with Gasteiger partial charge in [-0.2, -0.15) is 0 Å². The molecule has 3 N–H and O–H groups in total. The second-order valence-corrected chi connectivity index (χ2v) is 4.90. The normalized spacial score (nSPS) is 24.4. The van der Waals surface area contributed by atoms with Crippen LogP contribution in [0.5, 0.6) is 0 Å². The molecular formula is C11H24N2O2. The molecule has 4 heteroatoms. The van der Waals surface area contributed by atoms with Gasteiger partial charge in [-0.15, -0.1) is 0 Å². The summed E-state index contributed by atoms with van der Waals surface area (Å²) in [5, 5.41) is 0.